The number of carbonyl (C=O) groups is 1. The largest absolute Gasteiger partial charge is 0.364 e. The number of hydrogen-bond donors (Lipinski definition) is 1. The van der Waals surface area contributed by atoms with Crippen molar-refractivity contribution in [2.24, 2.45) is 5.73 Å². The Hall–Kier alpha value is -1.82. The maximum absolute atomic E-state index is 13.3. The highest BCUT2D eigenvalue weighted by Crippen LogP contribution is 2.25. The maximum Gasteiger partial charge on any atom is 0.277 e. The van der Waals surface area contributed by atoms with Crippen LogP contribution in [0.15, 0.2) is 23.6 Å². The molecule has 0 saturated carbocycles. The van der Waals surface area contributed by atoms with Crippen molar-refractivity contribution in [1.29, 1.82) is 0 Å². The van der Waals surface area contributed by atoms with E-state index in [0.717, 1.165) is 29.5 Å². The van der Waals surface area contributed by atoms with Gasteiger partial charge in [0.25, 0.3) is 5.91 Å². The molecule has 0 aliphatic carbocycles. The van der Waals surface area contributed by atoms with Crippen molar-refractivity contribution in [2.45, 2.75) is 0 Å². The summed E-state index contributed by atoms with van der Waals surface area (Å²) in [5, 5.41) is 1.52. The normalized spacial score (nSPS) is 10.4. The van der Waals surface area contributed by atoms with Crippen LogP contribution in [0.25, 0.3) is 11.3 Å². The van der Waals surface area contributed by atoms with Crippen molar-refractivity contribution >= 4 is 17.2 Å². The van der Waals surface area contributed by atoms with E-state index >= 15 is 0 Å². The zero-order chi connectivity index (χ0) is 11.7. The fourth-order valence-corrected chi connectivity index (χ4v) is 1.87. The topological polar surface area (TPSA) is 56.0 Å². The van der Waals surface area contributed by atoms with Crippen LogP contribution >= 0.6 is 11.3 Å². The first-order chi connectivity index (χ1) is 7.58. The Labute approximate surface area is 93.5 Å². The molecule has 1 heterocycles. The van der Waals surface area contributed by atoms with Gasteiger partial charge in [0.2, 0.25) is 0 Å². The number of aromatic nitrogens is 1. The molecule has 16 heavy (non-hydrogen) atoms. The van der Waals surface area contributed by atoms with Gasteiger partial charge in [0.1, 0.15) is 11.6 Å². The predicted octanol–water partition coefficient (Wildman–Crippen LogP) is 2.19. The molecule has 6 heteroatoms. The number of rotatable bonds is 2. The molecule has 82 valence electrons. The molecule has 1 amide bonds. The first-order valence-corrected chi connectivity index (χ1v) is 5.16. The molecule has 0 saturated heterocycles. The number of carbonyl (C=O) groups excluding carboxylic acids is 1. The lowest BCUT2D eigenvalue weighted by atomic mass is 10.1. The summed E-state index contributed by atoms with van der Waals surface area (Å²) in [6, 6.07) is 3.04. The number of nitrogens with zero attached hydrogens (tertiary/aromatic N) is 1. The molecule has 0 unspecified atom stereocenters. The lowest BCUT2D eigenvalue weighted by molar-refractivity contribution is 0.1000. The summed E-state index contributed by atoms with van der Waals surface area (Å²) in [6.45, 7) is 0. The van der Waals surface area contributed by atoms with Gasteiger partial charge in [-0.05, 0) is 18.2 Å². The number of thiazole rings is 1. The Bertz CT molecular complexity index is 554. The second-order valence-electron chi connectivity index (χ2n) is 3.03. The highest BCUT2D eigenvalue weighted by molar-refractivity contribution is 7.12. The van der Waals surface area contributed by atoms with Crippen LogP contribution in [0.5, 0.6) is 0 Å². The van der Waals surface area contributed by atoms with Gasteiger partial charge in [0.15, 0.2) is 5.01 Å². The minimum absolute atomic E-state index is 0.0174. The summed E-state index contributed by atoms with van der Waals surface area (Å²) in [7, 11) is 0. The first kappa shape index (κ1) is 10.7. The number of hydrogen-bond acceptors (Lipinski definition) is 3. The van der Waals surface area contributed by atoms with E-state index in [1.807, 2.05) is 0 Å². The van der Waals surface area contributed by atoms with E-state index in [1.165, 1.54) is 5.38 Å². The van der Waals surface area contributed by atoms with E-state index < -0.39 is 17.5 Å². The smallest absolute Gasteiger partial charge is 0.277 e. The first-order valence-electron chi connectivity index (χ1n) is 4.28. The van der Waals surface area contributed by atoms with E-state index in [0.29, 0.717) is 0 Å². The van der Waals surface area contributed by atoms with E-state index in [4.69, 9.17) is 5.73 Å². The van der Waals surface area contributed by atoms with Gasteiger partial charge in [0, 0.05) is 10.9 Å². The van der Waals surface area contributed by atoms with Crippen LogP contribution < -0.4 is 5.73 Å². The molecule has 3 nitrogen and oxygen atoms in total. The lowest BCUT2D eigenvalue weighted by Gasteiger charge is -1.98. The monoisotopic (exact) mass is 240 g/mol. The molecule has 1 aromatic heterocycles. The van der Waals surface area contributed by atoms with Gasteiger partial charge in [-0.1, -0.05) is 0 Å². The van der Waals surface area contributed by atoms with Gasteiger partial charge in [-0.25, -0.2) is 13.8 Å². The third kappa shape index (κ3) is 1.92. The molecule has 2 aromatic rings. The van der Waals surface area contributed by atoms with Gasteiger partial charge in [-0.3, -0.25) is 4.79 Å². The van der Waals surface area contributed by atoms with Crippen LogP contribution in [0.1, 0.15) is 9.80 Å². The predicted molar refractivity (Wildman–Crippen MR) is 56.0 cm³/mol. The third-order valence-electron chi connectivity index (χ3n) is 1.92. The second kappa shape index (κ2) is 3.97. The minimum atomic E-state index is -0.687. The standard InChI is InChI=1S/C10H6F2N2OS/c11-5-1-2-7(12)6(3-5)8-4-16-10(14-8)9(13)15/h1-4H,(H2,13,15). The highest BCUT2D eigenvalue weighted by atomic mass is 32.1. The highest BCUT2D eigenvalue weighted by Gasteiger charge is 2.12. The molecule has 0 aliphatic heterocycles. The lowest BCUT2D eigenvalue weighted by Crippen LogP contribution is -2.10. The third-order valence-corrected chi connectivity index (χ3v) is 2.78. The fraction of sp³-hybridized carbons (Fsp3) is 0. The van der Waals surface area contributed by atoms with Gasteiger partial charge in [0.05, 0.1) is 5.69 Å². The van der Waals surface area contributed by atoms with Crippen molar-refractivity contribution in [3.63, 3.8) is 0 Å². The van der Waals surface area contributed by atoms with Crippen molar-refractivity contribution in [3.05, 3.63) is 40.2 Å². The molecule has 0 bridgehead atoms. The average Bonchev–Trinajstić information content (AvgIpc) is 2.70. The molecular formula is C10H6F2N2OS. The number of amides is 1. The van der Waals surface area contributed by atoms with Crippen LogP contribution in [0.3, 0.4) is 0 Å². The number of halogens is 2. The van der Waals surface area contributed by atoms with Crippen LogP contribution in [0.4, 0.5) is 8.78 Å². The van der Waals surface area contributed by atoms with Gasteiger partial charge < -0.3 is 5.73 Å². The van der Waals surface area contributed by atoms with E-state index in [1.54, 1.807) is 0 Å². The van der Waals surface area contributed by atoms with E-state index in [2.05, 4.69) is 4.98 Å². The average molecular weight is 240 g/mol. The van der Waals surface area contributed by atoms with Crippen molar-refractivity contribution < 1.29 is 13.6 Å². The summed E-state index contributed by atoms with van der Waals surface area (Å²) in [4.78, 5) is 14.6. The molecule has 0 radical (unpaired) electrons. The zero-order valence-corrected chi connectivity index (χ0v) is 8.72. The van der Waals surface area contributed by atoms with Crippen molar-refractivity contribution in [1.82, 2.24) is 4.98 Å². The zero-order valence-electron chi connectivity index (χ0n) is 7.91. The van der Waals surface area contributed by atoms with Crippen LogP contribution in [0.2, 0.25) is 0 Å². The van der Waals surface area contributed by atoms with Crippen LogP contribution in [-0.4, -0.2) is 10.9 Å². The Kier molecular flexibility index (Phi) is 2.66. The summed E-state index contributed by atoms with van der Waals surface area (Å²) < 4.78 is 26.3. The SMILES string of the molecule is NC(=O)c1nc(-c2cc(F)ccc2F)cs1. The Morgan fingerprint density at radius 1 is 1.38 bits per heavy atom. The Morgan fingerprint density at radius 2 is 2.12 bits per heavy atom. The van der Waals surface area contributed by atoms with Gasteiger partial charge in [-0.15, -0.1) is 11.3 Å². The summed E-state index contributed by atoms with van der Waals surface area (Å²) in [6.07, 6.45) is 0. The summed E-state index contributed by atoms with van der Waals surface area (Å²) in [5.74, 6) is -1.85. The minimum Gasteiger partial charge on any atom is -0.364 e. The fourth-order valence-electron chi connectivity index (χ4n) is 1.20. The Balaban J connectivity index is 2.50. The van der Waals surface area contributed by atoms with Crippen molar-refractivity contribution in [2.75, 3.05) is 0 Å². The van der Waals surface area contributed by atoms with Gasteiger partial charge >= 0.3 is 0 Å². The molecule has 2 rings (SSSR count). The Morgan fingerprint density at radius 3 is 2.75 bits per heavy atom. The van der Waals surface area contributed by atoms with E-state index in [9.17, 15) is 13.6 Å². The second-order valence-corrected chi connectivity index (χ2v) is 3.88. The molecule has 2 N–H and O–H groups in total. The van der Waals surface area contributed by atoms with Gasteiger partial charge in [-0.2, -0.15) is 0 Å². The number of benzene rings is 1. The summed E-state index contributed by atoms with van der Waals surface area (Å²) >= 11 is 0.992. The van der Waals surface area contributed by atoms with Crippen LogP contribution in [0, 0.1) is 11.6 Å². The maximum atomic E-state index is 13.3. The molecule has 1 aromatic carbocycles. The molecule has 0 aliphatic rings. The molecular weight excluding hydrogens is 234 g/mol. The van der Waals surface area contributed by atoms with E-state index in [-0.39, 0.29) is 16.3 Å². The number of nitrogens with two attached hydrogens (primary N) is 1. The summed E-state index contributed by atoms with van der Waals surface area (Å²) in [5.41, 5.74) is 5.24. The molecule has 0 spiro atoms. The number of primary amides is 1. The quantitative estimate of drug-likeness (QED) is 0.874. The van der Waals surface area contributed by atoms with Crippen LogP contribution in [-0.2, 0) is 0 Å². The van der Waals surface area contributed by atoms with Crippen molar-refractivity contribution in [3.8, 4) is 11.3 Å². The molecule has 0 fully saturated rings. The molecule has 0 atom stereocenters.